The van der Waals surface area contributed by atoms with Gasteiger partial charge in [-0.2, -0.15) is 0 Å². The lowest BCUT2D eigenvalue weighted by atomic mass is 10.0. The van der Waals surface area contributed by atoms with Crippen LogP contribution < -0.4 is 0 Å². The molecule has 2 rings (SSSR count). The van der Waals surface area contributed by atoms with Crippen LogP contribution in [-0.4, -0.2) is 35.6 Å². The summed E-state index contributed by atoms with van der Waals surface area (Å²) in [5, 5.41) is 9.03. The Balaban J connectivity index is 1.63. The van der Waals surface area contributed by atoms with Crippen LogP contribution in [0.4, 0.5) is 0 Å². The number of hydrogen-bond donors (Lipinski definition) is 1. The molecule has 3 nitrogen and oxygen atoms in total. The van der Waals surface area contributed by atoms with E-state index < -0.39 is 0 Å². The average molecular weight is 200 g/mol. The third-order valence-electron chi connectivity index (χ3n) is 3.27. The number of ether oxygens (including phenoxy) is 2. The highest BCUT2D eigenvalue weighted by Gasteiger charge is 2.63. The Hall–Kier alpha value is -0.120. The van der Waals surface area contributed by atoms with E-state index in [0.717, 1.165) is 6.42 Å². The van der Waals surface area contributed by atoms with Crippen LogP contribution in [0.3, 0.4) is 0 Å². The van der Waals surface area contributed by atoms with E-state index in [1.54, 1.807) is 0 Å². The highest BCUT2D eigenvalue weighted by molar-refractivity contribution is 5.10. The molecule has 0 unspecified atom stereocenters. The fraction of sp³-hybridized carbons (Fsp3) is 1.00. The van der Waals surface area contributed by atoms with Gasteiger partial charge in [0.05, 0.1) is 12.7 Å². The molecule has 0 aromatic carbocycles. The molecule has 4 atom stereocenters. The van der Waals surface area contributed by atoms with Gasteiger partial charge in [-0.05, 0) is 13.3 Å². The van der Waals surface area contributed by atoms with Gasteiger partial charge in [0, 0.05) is 0 Å². The van der Waals surface area contributed by atoms with E-state index in [0.29, 0.717) is 6.10 Å². The zero-order valence-corrected chi connectivity index (χ0v) is 9.03. The summed E-state index contributed by atoms with van der Waals surface area (Å²) in [7, 11) is 0. The molecule has 0 saturated carbocycles. The second kappa shape index (κ2) is 3.80. The van der Waals surface area contributed by atoms with Crippen molar-refractivity contribution in [2.45, 2.75) is 63.4 Å². The molecule has 0 aliphatic carbocycles. The number of epoxide rings is 2. The molecular weight excluding hydrogens is 180 g/mol. The van der Waals surface area contributed by atoms with Crippen molar-refractivity contribution >= 4 is 0 Å². The highest BCUT2D eigenvalue weighted by atomic mass is 16.7. The molecule has 0 spiro atoms. The molecule has 0 aromatic rings. The molecule has 0 radical (unpaired) electrons. The van der Waals surface area contributed by atoms with Gasteiger partial charge in [-0.1, -0.05) is 26.2 Å². The van der Waals surface area contributed by atoms with Crippen molar-refractivity contribution in [3.63, 3.8) is 0 Å². The standard InChI is InChI=1S/C11H20O3/c1-3-4-5-6-8-9(13-8)10-11(2,7-12)14-10/h8-10,12H,3-7H2,1-2H3/t8-,9+,10+,11-/m0/s1. The molecule has 0 amide bonds. The van der Waals surface area contributed by atoms with Crippen molar-refractivity contribution in [1.29, 1.82) is 0 Å². The van der Waals surface area contributed by atoms with E-state index in [-0.39, 0.29) is 24.4 Å². The van der Waals surface area contributed by atoms with Crippen LogP contribution in [0.25, 0.3) is 0 Å². The van der Waals surface area contributed by atoms with E-state index in [4.69, 9.17) is 14.6 Å². The minimum Gasteiger partial charge on any atom is -0.393 e. The van der Waals surface area contributed by atoms with Gasteiger partial charge < -0.3 is 14.6 Å². The molecule has 2 saturated heterocycles. The molecule has 14 heavy (non-hydrogen) atoms. The van der Waals surface area contributed by atoms with Crippen molar-refractivity contribution in [3.8, 4) is 0 Å². The van der Waals surface area contributed by atoms with Gasteiger partial charge >= 0.3 is 0 Å². The van der Waals surface area contributed by atoms with Gasteiger partial charge in [0.2, 0.25) is 0 Å². The predicted octanol–water partition coefficient (Wildman–Crippen LogP) is 1.48. The molecule has 82 valence electrons. The summed E-state index contributed by atoms with van der Waals surface area (Å²) < 4.78 is 11.0. The van der Waals surface area contributed by atoms with Crippen LogP contribution in [-0.2, 0) is 9.47 Å². The molecular formula is C11H20O3. The van der Waals surface area contributed by atoms with E-state index >= 15 is 0 Å². The third-order valence-corrected chi connectivity index (χ3v) is 3.27. The lowest BCUT2D eigenvalue weighted by Gasteiger charge is -1.97. The molecule has 0 aromatic heterocycles. The maximum absolute atomic E-state index is 9.03. The second-order valence-corrected chi connectivity index (χ2v) is 4.64. The number of aliphatic hydroxyl groups is 1. The number of aliphatic hydroxyl groups excluding tert-OH is 1. The predicted molar refractivity (Wildman–Crippen MR) is 53.2 cm³/mol. The van der Waals surface area contributed by atoms with Gasteiger partial charge in [-0.25, -0.2) is 0 Å². The summed E-state index contributed by atoms with van der Waals surface area (Å²) in [5.41, 5.74) is -0.301. The summed E-state index contributed by atoms with van der Waals surface area (Å²) in [6.45, 7) is 4.26. The molecule has 0 bridgehead atoms. The topological polar surface area (TPSA) is 45.3 Å². The smallest absolute Gasteiger partial charge is 0.118 e. The van der Waals surface area contributed by atoms with Gasteiger partial charge in [0.15, 0.2) is 0 Å². The van der Waals surface area contributed by atoms with Crippen molar-refractivity contribution in [2.75, 3.05) is 6.61 Å². The third kappa shape index (κ3) is 1.95. The Bertz CT molecular complexity index is 207. The number of hydrogen-bond acceptors (Lipinski definition) is 3. The van der Waals surface area contributed by atoms with Gasteiger partial charge in [-0.15, -0.1) is 0 Å². The minimum atomic E-state index is -0.301. The van der Waals surface area contributed by atoms with E-state index in [9.17, 15) is 0 Å². The fourth-order valence-corrected chi connectivity index (χ4v) is 2.05. The summed E-state index contributed by atoms with van der Waals surface area (Å²) in [6, 6.07) is 0. The van der Waals surface area contributed by atoms with Crippen LogP contribution in [0.15, 0.2) is 0 Å². The van der Waals surface area contributed by atoms with Crippen LogP contribution in [0, 0.1) is 0 Å². The summed E-state index contributed by atoms with van der Waals surface area (Å²) >= 11 is 0. The molecule has 2 fully saturated rings. The number of rotatable bonds is 6. The minimum absolute atomic E-state index is 0.110. The highest BCUT2D eigenvalue weighted by Crippen LogP contribution is 2.47. The Morgan fingerprint density at radius 3 is 2.71 bits per heavy atom. The molecule has 3 heteroatoms. The molecule has 2 aliphatic rings. The maximum Gasteiger partial charge on any atom is 0.118 e. The zero-order valence-electron chi connectivity index (χ0n) is 9.03. The first-order chi connectivity index (χ1) is 6.71. The zero-order chi connectivity index (χ0) is 10.2. The molecule has 2 aliphatic heterocycles. The monoisotopic (exact) mass is 200 g/mol. The Morgan fingerprint density at radius 2 is 2.14 bits per heavy atom. The first kappa shape index (κ1) is 10.4. The SMILES string of the molecule is CCCCC[C@@H]1O[C@H]1[C@H]1O[C@@]1(C)CO. The lowest BCUT2D eigenvalue weighted by Crippen LogP contribution is -2.19. The van der Waals surface area contributed by atoms with E-state index in [1.807, 2.05) is 6.92 Å². The first-order valence-corrected chi connectivity index (χ1v) is 5.65. The first-order valence-electron chi connectivity index (χ1n) is 5.65. The summed E-state index contributed by atoms with van der Waals surface area (Å²) in [6.07, 6.45) is 5.77. The molecule has 2 heterocycles. The summed E-state index contributed by atoms with van der Waals surface area (Å²) in [4.78, 5) is 0. The largest absolute Gasteiger partial charge is 0.393 e. The van der Waals surface area contributed by atoms with Crippen LogP contribution >= 0.6 is 0 Å². The quantitative estimate of drug-likeness (QED) is 0.522. The van der Waals surface area contributed by atoms with Gasteiger partial charge in [-0.3, -0.25) is 0 Å². The lowest BCUT2D eigenvalue weighted by molar-refractivity contribution is 0.184. The Labute approximate surface area is 85.4 Å². The normalized spacial score (nSPS) is 45.2. The van der Waals surface area contributed by atoms with Crippen molar-refractivity contribution in [1.82, 2.24) is 0 Å². The van der Waals surface area contributed by atoms with E-state index in [2.05, 4.69) is 6.92 Å². The molecule has 1 N–H and O–H groups in total. The van der Waals surface area contributed by atoms with Crippen LogP contribution in [0.5, 0.6) is 0 Å². The van der Waals surface area contributed by atoms with Crippen molar-refractivity contribution in [3.05, 3.63) is 0 Å². The fourth-order valence-electron chi connectivity index (χ4n) is 2.05. The second-order valence-electron chi connectivity index (χ2n) is 4.64. The van der Waals surface area contributed by atoms with Crippen LogP contribution in [0.1, 0.15) is 39.5 Å². The number of unbranched alkanes of at least 4 members (excludes halogenated alkanes) is 2. The Morgan fingerprint density at radius 1 is 1.36 bits per heavy atom. The summed E-state index contributed by atoms with van der Waals surface area (Å²) in [5.74, 6) is 0. The van der Waals surface area contributed by atoms with Crippen molar-refractivity contribution < 1.29 is 14.6 Å². The van der Waals surface area contributed by atoms with E-state index in [1.165, 1.54) is 19.3 Å². The Kier molecular flexibility index (Phi) is 2.82. The average Bonchev–Trinajstić information content (AvgIpc) is 3.04. The van der Waals surface area contributed by atoms with Crippen molar-refractivity contribution in [2.24, 2.45) is 0 Å². The van der Waals surface area contributed by atoms with Gasteiger partial charge in [0.1, 0.15) is 17.8 Å². The maximum atomic E-state index is 9.03. The van der Waals surface area contributed by atoms with Crippen LogP contribution in [0.2, 0.25) is 0 Å². The van der Waals surface area contributed by atoms with Gasteiger partial charge in [0.25, 0.3) is 0 Å².